The molecule has 0 bridgehead atoms. The fourth-order valence-corrected chi connectivity index (χ4v) is 2.40. The molecule has 0 saturated heterocycles. The lowest BCUT2D eigenvalue weighted by atomic mass is 10.1. The lowest BCUT2D eigenvalue weighted by Crippen LogP contribution is -2.40. The zero-order chi connectivity index (χ0) is 19.8. The molecule has 0 aliphatic rings. The second-order valence-electron chi connectivity index (χ2n) is 5.73. The number of nitrogens with one attached hydrogen (secondary N) is 3. The number of benzene rings is 2. The molecule has 0 atom stereocenters. The van der Waals surface area contributed by atoms with Crippen molar-refractivity contribution in [3.63, 3.8) is 0 Å². The van der Waals surface area contributed by atoms with Gasteiger partial charge < -0.3 is 16.0 Å². The Morgan fingerprint density at radius 1 is 0.963 bits per heavy atom. The molecule has 0 heterocycles. The van der Waals surface area contributed by atoms with E-state index < -0.39 is 23.5 Å². The Morgan fingerprint density at radius 2 is 1.67 bits per heavy atom. The summed E-state index contributed by atoms with van der Waals surface area (Å²) in [7, 11) is 0. The second-order valence-corrected chi connectivity index (χ2v) is 6.14. The standard InChI is InChI=1S/C19H19ClFN3O3/c1-12-6-7-13(10-16(12)21)18(26)23-9-8-22-17(25)11-24-19(27)14-4-2-3-5-15(14)20/h2-7,10H,8-9,11H2,1H3,(H,22,25)(H,23,26)(H,24,27). The van der Waals surface area contributed by atoms with Gasteiger partial charge in [-0.05, 0) is 36.8 Å². The minimum atomic E-state index is -0.454. The number of hydrogen-bond donors (Lipinski definition) is 3. The van der Waals surface area contributed by atoms with Gasteiger partial charge in [-0.15, -0.1) is 0 Å². The van der Waals surface area contributed by atoms with Crippen molar-refractivity contribution in [2.75, 3.05) is 19.6 Å². The summed E-state index contributed by atoms with van der Waals surface area (Å²) in [5.41, 5.74) is 0.943. The van der Waals surface area contributed by atoms with Crippen LogP contribution in [0.1, 0.15) is 26.3 Å². The average molecular weight is 392 g/mol. The normalized spacial score (nSPS) is 10.2. The van der Waals surface area contributed by atoms with Crippen LogP contribution in [0.3, 0.4) is 0 Å². The smallest absolute Gasteiger partial charge is 0.253 e. The van der Waals surface area contributed by atoms with E-state index in [2.05, 4.69) is 16.0 Å². The van der Waals surface area contributed by atoms with E-state index in [1.165, 1.54) is 12.1 Å². The molecular formula is C19H19ClFN3O3. The summed E-state index contributed by atoms with van der Waals surface area (Å²) in [6.07, 6.45) is 0. The predicted molar refractivity (Wildman–Crippen MR) is 100 cm³/mol. The summed E-state index contributed by atoms with van der Waals surface area (Å²) in [6.45, 7) is 1.72. The van der Waals surface area contributed by atoms with E-state index in [4.69, 9.17) is 11.6 Å². The molecular weight excluding hydrogens is 373 g/mol. The van der Waals surface area contributed by atoms with Crippen molar-refractivity contribution >= 4 is 29.3 Å². The molecule has 0 aliphatic carbocycles. The van der Waals surface area contributed by atoms with Gasteiger partial charge in [-0.25, -0.2) is 4.39 Å². The molecule has 142 valence electrons. The Balaban J connectivity index is 1.68. The Kier molecular flexibility index (Phi) is 7.31. The van der Waals surface area contributed by atoms with E-state index in [0.717, 1.165) is 6.07 Å². The molecule has 0 saturated carbocycles. The summed E-state index contributed by atoms with van der Waals surface area (Å²) >= 11 is 5.91. The first kappa shape index (κ1) is 20.4. The Bertz CT molecular complexity index is 858. The summed E-state index contributed by atoms with van der Waals surface area (Å²) in [6, 6.07) is 10.7. The van der Waals surface area contributed by atoms with Gasteiger partial charge in [0.25, 0.3) is 11.8 Å². The van der Waals surface area contributed by atoms with Gasteiger partial charge in [0.05, 0.1) is 17.1 Å². The second kappa shape index (κ2) is 9.68. The highest BCUT2D eigenvalue weighted by Crippen LogP contribution is 2.14. The topological polar surface area (TPSA) is 87.3 Å². The average Bonchev–Trinajstić information content (AvgIpc) is 2.65. The van der Waals surface area contributed by atoms with Crippen molar-refractivity contribution in [1.82, 2.24) is 16.0 Å². The fourth-order valence-electron chi connectivity index (χ4n) is 2.18. The van der Waals surface area contributed by atoms with E-state index >= 15 is 0 Å². The molecule has 0 aromatic heterocycles. The first-order chi connectivity index (χ1) is 12.9. The van der Waals surface area contributed by atoms with Gasteiger partial charge in [0.1, 0.15) is 5.82 Å². The van der Waals surface area contributed by atoms with Crippen LogP contribution in [0.25, 0.3) is 0 Å². The third kappa shape index (κ3) is 6.07. The molecule has 0 unspecified atom stereocenters. The van der Waals surface area contributed by atoms with Gasteiger partial charge in [0, 0.05) is 18.7 Å². The number of rotatable bonds is 7. The van der Waals surface area contributed by atoms with E-state index in [1.54, 1.807) is 31.2 Å². The summed E-state index contributed by atoms with van der Waals surface area (Å²) < 4.78 is 13.5. The number of halogens is 2. The maximum absolute atomic E-state index is 13.5. The molecule has 0 fully saturated rings. The predicted octanol–water partition coefficient (Wildman–Crippen LogP) is 2.06. The van der Waals surface area contributed by atoms with Gasteiger partial charge in [-0.3, -0.25) is 14.4 Å². The zero-order valence-corrected chi connectivity index (χ0v) is 15.4. The number of carbonyl (C=O) groups excluding carboxylic acids is 3. The van der Waals surface area contributed by atoms with Crippen LogP contribution < -0.4 is 16.0 Å². The monoisotopic (exact) mass is 391 g/mol. The molecule has 27 heavy (non-hydrogen) atoms. The quantitative estimate of drug-likeness (QED) is 0.631. The van der Waals surface area contributed by atoms with Gasteiger partial charge in [-0.1, -0.05) is 29.8 Å². The highest BCUT2D eigenvalue weighted by atomic mass is 35.5. The third-order valence-corrected chi connectivity index (χ3v) is 4.02. The maximum atomic E-state index is 13.5. The van der Waals surface area contributed by atoms with Crippen molar-refractivity contribution in [3.8, 4) is 0 Å². The maximum Gasteiger partial charge on any atom is 0.253 e. The van der Waals surface area contributed by atoms with Crippen molar-refractivity contribution in [3.05, 3.63) is 70.0 Å². The number of carbonyl (C=O) groups is 3. The zero-order valence-electron chi connectivity index (χ0n) is 14.6. The largest absolute Gasteiger partial charge is 0.353 e. The van der Waals surface area contributed by atoms with Crippen molar-refractivity contribution < 1.29 is 18.8 Å². The van der Waals surface area contributed by atoms with Crippen molar-refractivity contribution in [2.45, 2.75) is 6.92 Å². The van der Waals surface area contributed by atoms with Crippen LogP contribution in [0, 0.1) is 12.7 Å². The number of amides is 3. The van der Waals surface area contributed by atoms with Crippen LogP contribution in [0.2, 0.25) is 5.02 Å². The van der Waals surface area contributed by atoms with Gasteiger partial charge >= 0.3 is 0 Å². The van der Waals surface area contributed by atoms with Gasteiger partial charge in [-0.2, -0.15) is 0 Å². The van der Waals surface area contributed by atoms with Crippen molar-refractivity contribution in [1.29, 1.82) is 0 Å². The SMILES string of the molecule is Cc1ccc(C(=O)NCCNC(=O)CNC(=O)c2ccccc2Cl)cc1F. The molecule has 2 aromatic rings. The molecule has 6 nitrogen and oxygen atoms in total. The molecule has 3 N–H and O–H groups in total. The van der Waals surface area contributed by atoms with E-state index in [9.17, 15) is 18.8 Å². The Labute approximate surface area is 161 Å². The third-order valence-electron chi connectivity index (χ3n) is 3.69. The summed E-state index contributed by atoms with van der Waals surface area (Å²) in [4.78, 5) is 35.6. The Morgan fingerprint density at radius 3 is 2.37 bits per heavy atom. The first-order valence-electron chi connectivity index (χ1n) is 8.22. The number of aryl methyl sites for hydroxylation is 1. The molecule has 0 spiro atoms. The van der Waals surface area contributed by atoms with Gasteiger partial charge in [0.2, 0.25) is 5.91 Å². The van der Waals surface area contributed by atoms with Crippen LogP contribution in [-0.2, 0) is 4.79 Å². The number of hydrogen-bond acceptors (Lipinski definition) is 3. The van der Waals surface area contributed by atoms with E-state index in [0.29, 0.717) is 10.6 Å². The van der Waals surface area contributed by atoms with Crippen LogP contribution in [0.4, 0.5) is 4.39 Å². The molecule has 8 heteroatoms. The molecule has 2 rings (SSSR count). The highest BCUT2D eigenvalue weighted by Gasteiger charge is 2.11. The Hall–Kier alpha value is -2.93. The summed E-state index contributed by atoms with van der Waals surface area (Å²) in [5, 5.41) is 7.89. The highest BCUT2D eigenvalue weighted by molar-refractivity contribution is 6.33. The van der Waals surface area contributed by atoms with Crippen molar-refractivity contribution in [2.24, 2.45) is 0 Å². The van der Waals surface area contributed by atoms with Gasteiger partial charge in [0.15, 0.2) is 0 Å². The molecule has 0 radical (unpaired) electrons. The van der Waals surface area contributed by atoms with Crippen LogP contribution in [-0.4, -0.2) is 37.4 Å². The lowest BCUT2D eigenvalue weighted by molar-refractivity contribution is -0.120. The minimum Gasteiger partial charge on any atom is -0.353 e. The molecule has 3 amide bonds. The van der Waals surface area contributed by atoms with Crippen LogP contribution in [0.5, 0.6) is 0 Å². The first-order valence-corrected chi connectivity index (χ1v) is 8.60. The van der Waals surface area contributed by atoms with Crippen LogP contribution >= 0.6 is 11.6 Å². The lowest BCUT2D eigenvalue weighted by Gasteiger charge is -2.09. The van der Waals surface area contributed by atoms with Crippen LogP contribution in [0.15, 0.2) is 42.5 Å². The minimum absolute atomic E-state index is 0.165. The molecule has 0 aliphatic heterocycles. The van der Waals surface area contributed by atoms with E-state index in [1.807, 2.05) is 0 Å². The summed E-state index contributed by atoms with van der Waals surface area (Å²) in [5.74, 6) is -1.75. The van der Waals surface area contributed by atoms with E-state index in [-0.39, 0.29) is 30.8 Å². The fraction of sp³-hybridized carbons (Fsp3) is 0.211. The molecule has 2 aromatic carbocycles.